The summed E-state index contributed by atoms with van der Waals surface area (Å²) in [4.78, 5) is 4.48. The Morgan fingerprint density at radius 2 is 2.19 bits per heavy atom. The fraction of sp³-hybridized carbons (Fsp3) is 0.833. The Labute approximate surface area is 96.8 Å². The molecule has 0 aromatic carbocycles. The molecule has 1 N–H and O–H groups in total. The summed E-state index contributed by atoms with van der Waals surface area (Å²) in [5, 5.41) is 7.35. The van der Waals surface area contributed by atoms with Crippen LogP contribution >= 0.6 is 0 Å². The van der Waals surface area contributed by atoms with Gasteiger partial charge >= 0.3 is 0 Å². The Hall–Kier alpha value is -0.900. The standard InChI is InChI=1S/C12H21N3O/c1-7(2)10(13-4)6-11-14-12(15-16-11)9-5-8(9)3/h7-10,13H,5-6H2,1-4H3. The summed E-state index contributed by atoms with van der Waals surface area (Å²) in [5.41, 5.74) is 0. The van der Waals surface area contributed by atoms with Crippen molar-refractivity contribution in [2.24, 2.45) is 11.8 Å². The molecule has 3 atom stereocenters. The molecule has 1 heterocycles. The quantitative estimate of drug-likeness (QED) is 0.829. The summed E-state index contributed by atoms with van der Waals surface area (Å²) in [7, 11) is 1.98. The van der Waals surface area contributed by atoms with Crippen LogP contribution in [0.2, 0.25) is 0 Å². The van der Waals surface area contributed by atoms with E-state index in [1.807, 2.05) is 7.05 Å². The van der Waals surface area contributed by atoms with Gasteiger partial charge in [0.05, 0.1) is 0 Å². The number of nitrogens with one attached hydrogen (secondary N) is 1. The second-order valence-electron chi connectivity index (χ2n) is 5.21. The molecule has 1 aromatic heterocycles. The van der Waals surface area contributed by atoms with Crippen LogP contribution in [0.25, 0.3) is 0 Å². The summed E-state index contributed by atoms with van der Waals surface area (Å²) < 4.78 is 5.30. The van der Waals surface area contributed by atoms with Crippen LogP contribution in [-0.2, 0) is 6.42 Å². The van der Waals surface area contributed by atoms with E-state index < -0.39 is 0 Å². The summed E-state index contributed by atoms with van der Waals surface area (Å²) >= 11 is 0. The summed E-state index contributed by atoms with van der Waals surface area (Å²) in [5.74, 6) is 3.52. The first-order chi connectivity index (χ1) is 7.61. The summed E-state index contributed by atoms with van der Waals surface area (Å²) in [6, 6.07) is 0.407. The minimum Gasteiger partial charge on any atom is -0.339 e. The first-order valence-electron chi connectivity index (χ1n) is 6.11. The summed E-state index contributed by atoms with van der Waals surface area (Å²) in [6.45, 7) is 6.62. The molecule has 0 amide bonds. The van der Waals surface area contributed by atoms with Gasteiger partial charge < -0.3 is 9.84 Å². The van der Waals surface area contributed by atoms with Crippen LogP contribution < -0.4 is 5.32 Å². The summed E-state index contributed by atoms with van der Waals surface area (Å²) in [6.07, 6.45) is 2.03. The van der Waals surface area contributed by atoms with Crippen molar-refractivity contribution >= 4 is 0 Å². The van der Waals surface area contributed by atoms with E-state index in [1.54, 1.807) is 0 Å². The molecule has 2 rings (SSSR count). The molecule has 0 aliphatic heterocycles. The van der Waals surface area contributed by atoms with Crippen molar-refractivity contribution in [1.29, 1.82) is 0 Å². The molecule has 1 aromatic rings. The van der Waals surface area contributed by atoms with E-state index in [1.165, 1.54) is 6.42 Å². The minimum absolute atomic E-state index is 0.407. The molecule has 1 aliphatic rings. The highest BCUT2D eigenvalue weighted by Crippen LogP contribution is 2.45. The van der Waals surface area contributed by atoms with Crippen LogP contribution in [0.4, 0.5) is 0 Å². The second-order valence-corrected chi connectivity index (χ2v) is 5.21. The van der Waals surface area contributed by atoms with Gasteiger partial charge in [-0.3, -0.25) is 0 Å². The zero-order chi connectivity index (χ0) is 11.7. The van der Waals surface area contributed by atoms with Crippen molar-refractivity contribution in [3.05, 3.63) is 11.7 Å². The Morgan fingerprint density at radius 1 is 1.50 bits per heavy atom. The molecule has 4 nitrogen and oxygen atoms in total. The highest BCUT2D eigenvalue weighted by Gasteiger charge is 2.38. The molecule has 0 bridgehead atoms. The van der Waals surface area contributed by atoms with Crippen LogP contribution in [0.1, 0.15) is 44.8 Å². The van der Waals surface area contributed by atoms with Crippen LogP contribution in [0.3, 0.4) is 0 Å². The molecule has 16 heavy (non-hydrogen) atoms. The van der Waals surface area contributed by atoms with Crippen molar-refractivity contribution in [1.82, 2.24) is 15.5 Å². The zero-order valence-electron chi connectivity index (χ0n) is 10.5. The average Bonchev–Trinajstić information content (AvgIpc) is 2.79. The molecular formula is C12H21N3O. The number of likely N-dealkylation sites (N-methyl/N-ethyl adjacent to an activating group) is 1. The van der Waals surface area contributed by atoms with Gasteiger partial charge in [0.25, 0.3) is 0 Å². The van der Waals surface area contributed by atoms with Gasteiger partial charge in [-0.15, -0.1) is 0 Å². The van der Waals surface area contributed by atoms with Gasteiger partial charge in [-0.2, -0.15) is 4.98 Å². The normalized spacial score (nSPS) is 26.1. The molecule has 1 saturated carbocycles. The maximum atomic E-state index is 5.30. The van der Waals surface area contributed by atoms with E-state index >= 15 is 0 Å². The largest absolute Gasteiger partial charge is 0.339 e. The lowest BCUT2D eigenvalue weighted by Gasteiger charge is -2.17. The topological polar surface area (TPSA) is 51.0 Å². The molecule has 1 fully saturated rings. The van der Waals surface area contributed by atoms with Crippen molar-refractivity contribution in [2.45, 2.75) is 45.6 Å². The number of hydrogen-bond acceptors (Lipinski definition) is 4. The third-order valence-corrected chi connectivity index (χ3v) is 3.49. The molecule has 4 heteroatoms. The number of hydrogen-bond donors (Lipinski definition) is 1. The third kappa shape index (κ3) is 2.43. The van der Waals surface area contributed by atoms with E-state index in [2.05, 4.69) is 36.2 Å². The first kappa shape index (κ1) is 11.6. The molecular weight excluding hydrogens is 202 g/mol. The number of aromatic nitrogens is 2. The zero-order valence-corrected chi connectivity index (χ0v) is 10.5. The van der Waals surface area contributed by atoms with Crippen molar-refractivity contribution in [3.8, 4) is 0 Å². The Balaban J connectivity index is 1.96. The Kier molecular flexibility index (Phi) is 3.28. The SMILES string of the molecule is CNC(Cc1nc(C2CC2C)no1)C(C)C. The average molecular weight is 223 g/mol. The highest BCUT2D eigenvalue weighted by molar-refractivity contribution is 5.07. The maximum Gasteiger partial charge on any atom is 0.228 e. The van der Waals surface area contributed by atoms with Gasteiger partial charge in [-0.25, -0.2) is 0 Å². The molecule has 3 unspecified atom stereocenters. The third-order valence-electron chi connectivity index (χ3n) is 3.49. The van der Waals surface area contributed by atoms with Crippen LogP contribution in [0.15, 0.2) is 4.52 Å². The van der Waals surface area contributed by atoms with Crippen LogP contribution in [-0.4, -0.2) is 23.2 Å². The van der Waals surface area contributed by atoms with E-state index in [-0.39, 0.29) is 0 Å². The minimum atomic E-state index is 0.407. The van der Waals surface area contributed by atoms with E-state index in [9.17, 15) is 0 Å². The molecule has 0 saturated heterocycles. The number of rotatable bonds is 5. The van der Waals surface area contributed by atoms with Gasteiger partial charge in [0.15, 0.2) is 5.82 Å². The highest BCUT2D eigenvalue weighted by atomic mass is 16.5. The molecule has 1 aliphatic carbocycles. The number of nitrogens with zero attached hydrogens (tertiary/aromatic N) is 2. The predicted octanol–water partition coefficient (Wildman–Crippen LogP) is 1.98. The molecule has 90 valence electrons. The smallest absolute Gasteiger partial charge is 0.228 e. The lowest BCUT2D eigenvalue weighted by molar-refractivity contribution is 0.333. The first-order valence-corrected chi connectivity index (χ1v) is 6.11. The van der Waals surface area contributed by atoms with Gasteiger partial charge in [0.1, 0.15) is 0 Å². The lowest BCUT2D eigenvalue weighted by Crippen LogP contribution is -2.32. The lowest BCUT2D eigenvalue weighted by atomic mass is 10.0. The predicted molar refractivity (Wildman–Crippen MR) is 62.2 cm³/mol. The van der Waals surface area contributed by atoms with E-state index in [0.717, 1.165) is 24.1 Å². The molecule has 0 radical (unpaired) electrons. The maximum absolute atomic E-state index is 5.30. The van der Waals surface area contributed by atoms with Crippen molar-refractivity contribution in [3.63, 3.8) is 0 Å². The fourth-order valence-corrected chi connectivity index (χ4v) is 2.04. The van der Waals surface area contributed by atoms with Gasteiger partial charge in [-0.05, 0) is 25.3 Å². The fourth-order valence-electron chi connectivity index (χ4n) is 2.04. The second kappa shape index (κ2) is 4.53. The van der Waals surface area contributed by atoms with E-state index in [0.29, 0.717) is 17.9 Å². The monoisotopic (exact) mass is 223 g/mol. The van der Waals surface area contributed by atoms with Crippen LogP contribution in [0.5, 0.6) is 0 Å². The Morgan fingerprint density at radius 3 is 2.69 bits per heavy atom. The van der Waals surface area contributed by atoms with Gasteiger partial charge in [0, 0.05) is 18.4 Å². The van der Waals surface area contributed by atoms with Crippen molar-refractivity contribution in [2.75, 3.05) is 7.05 Å². The van der Waals surface area contributed by atoms with Crippen molar-refractivity contribution < 1.29 is 4.52 Å². The molecule has 0 spiro atoms. The van der Waals surface area contributed by atoms with Gasteiger partial charge in [0.2, 0.25) is 5.89 Å². The Bertz CT molecular complexity index is 348. The van der Waals surface area contributed by atoms with E-state index in [4.69, 9.17) is 4.52 Å². The van der Waals surface area contributed by atoms with Crippen LogP contribution in [0, 0.1) is 11.8 Å². The van der Waals surface area contributed by atoms with Gasteiger partial charge in [-0.1, -0.05) is 25.9 Å².